The maximum absolute atomic E-state index is 11.0. The number of aldehydes is 1. The van der Waals surface area contributed by atoms with Crippen LogP contribution in [0, 0.1) is 0 Å². The third-order valence-corrected chi connectivity index (χ3v) is 2.44. The Morgan fingerprint density at radius 1 is 1.12 bits per heavy atom. The number of nitrogens with one attached hydrogen (secondary N) is 1. The highest BCUT2D eigenvalue weighted by atomic mass is 16.5. The maximum Gasteiger partial charge on any atom is 0.152 e. The summed E-state index contributed by atoms with van der Waals surface area (Å²) in [6, 6.07) is 15.1. The van der Waals surface area contributed by atoms with E-state index in [1.807, 2.05) is 42.5 Å². The molecule has 2 aromatic rings. The summed E-state index contributed by atoms with van der Waals surface area (Å²) in [6.07, 6.45) is 0.813. The van der Waals surface area contributed by atoms with E-state index >= 15 is 0 Å². The minimum atomic E-state index is 0.577. The standard InChI is InChI=1S/C14H13NO2/c1-17-13-7-8-14(11(9-13)10-16)15-12-5-3-2-4-6-12/h2-10,15H,1H3. The van der Waals surface area contributed by atoms with Crippen LogP contribution in [0.2, 0.25) is 0 Å². The predicted octanol–water partition coefficient (Wildman–Crippen LogP) is 3.25. The van der Waals surface area contributed by atoms with Crippen molar-refractivity contribution >= 4 is 17.7 Å². The first-order valence-corrected chi connectivity index (χ1v) is 5.29. The quantitative estimate of drug-likeness (QED) is 0.815. The van der Waals surface area contributed by atoms with Crippen LogP contribution in [0.4, 0.5) is 11.4 Å². The van der Waals surface area contributed by atoms with Crippen molar-refractivity contribution < 1.29 is 9.53 Å². The monoisotopic (exact) mass is 227 g/mol. The van der Waals surface area contributed by atoms with Crippen LogP contribution in [-0.4, -0.2) is 13.4 Å². The van der Waals surface area contributed by atoms with E-state index in [9.17, 15) is 4.79 Å². The van der Waals surface area contributed by atoms with Crippen LogP contribution < -0.4 is 10.1 Å². The zero-order chi connectivity index (χ0) is 12.1. The Balaban J connectivity index is 2.30. The lowest BCUT2D eigenvalue weighted by Gasteiger charge is -2.09. The molecule has 2 aromatic carbocycles. The highest BCUT2D eigenvalue weighted by molar-refractivity contribution is 5.86. The number of methoxy groups -OCH3 is 1. The molecule has 0 aromatic heterocycles. The highest BCUT2D eigenvalue weighted by Gasteiger charge is 2.03. The number of rotatable bonds is 4. The van der Waals surface area contributed by atoms with Crippen molar-refractivity contribution in [3.8, 4) is 5.75 Å². The van der Waals surface area contributed by atoms with Gasteiger partial charge in [-0.15, -0.1) is 0 Å². The van der Waals surface area contributed by atoms with Gasteiger partial charge in [0.15, 0.2) is 6.29 Å². The Bertz CT molecular complexity index is 509. The summed E-state index contributed by atoms with van der Waals surface area (Å²) in [5.41, 5.74) is 2.29. The van der Waals surface area contributed by atoms with E-state index in [1.165, 1.54) is 0 Å². The summed E-state index contributed by atoms with van der Waals surface area (Å²) < 4.78 is 5.08. The lowest BCUT2D eigenvalue weighted by Crippen LogP contribution is -1.96. The molecule has 0 radical (unpaired) electrons. The Labute approximate surface area is 100 Å². The van der Waals surface area contributed by atoms with Crippen molar-refractivity contribution in [2.24, 2.45) is 0 Å². The van der Waals surface area contributed by atoms with Gasteiger partial charge in [0.25, 0.3) is 0 Å². The molecule has 0 aliphatic rings. The van der Waals surface area contributed by atoms with Crippen molar-refractivity contribution in [3.05, 3.63) is 54.1 Å². The molecule has 0 saturated carbocycles. The molecule has 0 fully saturated rings. The van der Waals surface area contributed by atoms with Crippen molar-refractivity contribution in [3.63, 3.8) is 0 Å². The van der Waals surface area contributed by atoms with E-state index in [0.717, 1.165) is 17.7 Å². The molecule has 0 bridgehead atoms. The fraction of sp³-hybridized carbons (Fsp3) is 0.0714. The van der Waals surface area contributed by atoms with Crippen molar-refractivity contribution in [2.45, 2.75) is 0 Å². The fourth-order valence-corrected chi connectivity index (χ4v) is 1.56. The Kier molecular flexibility index (Phi) is 3.40. The molecule has 3 nitrogen and oxygen atoms in total. The van der Waals surface area contributed by atoms with Gasteiger partial charge in [-0.1, -0.05) is 18.2 Å². The van der Waals surface area contributed by atoms with Gasteiger partial charge in [0.1, 0.15) is 5.75 Å². The van der Waals surface area contributed by atoms with Gasteiger partial charge in [-0.3, -0.25) is 4.79 Å². The molecule has 0 saturated heterocycles. The molecule has 3 heteroatoms. The van der Waals surface area contributed by atoms with Gasteiger partial charge in [-0.05, 0) is 30.3 Å². The van der Waals surface area contributed by atoms with Gasteiger partial charge in [0.05, 0.1) is 7.11 Å². The first-order valence-electron chi connectivity index (χ1n) is 5.29. The van der Waals surface area contributed by atoms with Crippen LogP contribution in [0.3, 0.4) is 0 Å². The fourth-order valence-electron chi connectivity index (χ4n) is 1.56. The molecule has 86 valence electrons. The van der Waals surface area contributed by atoms with Gasteiger partial charge >= 0.3 is 0 Å². The van der Waals surface area contributed by atoms with E-state index in [4.69, 9.17) is 4.74 Å². The van der Waals surface area contributed by atoms with Gasteiger partial charge in [0, 0.05) is 16.9 Å². The molecule has 0 spiro atoms. The second-order valence-corrected chi connectivity index (χ2v) is 3.56. The predicted molar refractivity (Wildman–Crippen MR) is 68.1 cm³/mol. The van der Waals surface area contributed by atoms with Crippen molar-refractivity contribution in [1.29, 1.82) is 0 Å². The molecule has 0 heterocycles. The number of anilines is 2. The number of benzene rings is 2. The van der Waals surface area contributed by atoms with Gasteiger partial charge in [-0.2, -0.15) is 0 Å². The average molecular weight is 227 g/mol. The Morgan fingerprint density at radius 3 is 2.53 bits per heavy atom. The lowest BCUT2D eigenvalue weighted by atomic mass is 10.1. The van der Waals surface area contributed by atoms with Gasteiger partial charge in [0.2, 0.25) is 0 Å². The molecule has 0 unspecified atom stereocenters. The minimum Gasteiger partial charge on any atom is -0.497 e. The van der Waals surface area contributed by atoms with E-state index in [2.05, 4.69) is 5.32 Å². The van der Waals surface area contributed by atoms with E-state index < -0.39 is 0 Å². The van der Waals surface area contributed by atoms with E-state index in [-0.39, 0.29) is 0 Å². The van der Waals surface area contributed by atoms with Crippen molar-refractivity contribution in [2.75, 3.05) is 12.4 Å². The molecule has 0 aliphatic heterocycles. The van der Waals surface area contributed by atoms with Crippen LogP contribution in [0.15, 0.2) is 48.5 Å². The maximum atomic E-state index is 11.0. The molecule has 17 heavy (non-hydrogen) atoms. The van der Waals surface area contributed by atoms with Crippen LogP contribution in [0.1, 0.15) is 10.4 Å². The molecule has 0 amide bonds. The number of hydrogen-bond acceptors (Lipinski definition) is 3. The summed E-state index contributed by atoms with van der Waals surface area (Å²) in [7, 11) is 1.58. The molecular weight excluding hydrogens is 214 g/mol. The highest BCUT2D eigenvalue weighted by Crippen LogP contribution is 2.23. The van der Waals surface area contributed by atoms with Crippen LogP contribution in [0.25, 0.3) is 0 Å². The SMILES string of the molecule is COc1ccc(Nc2ccccc2)c(C=O)c1. The first kappa shape index (κ1) is 11.2. The van der Waals surface area contributed by atoms with E-state index in [1.54, 1.807) is 13.2 Å². The Morgan fingerprint density at radius 2 is 1.88 bits per heavy atom. The third kappa shape index (κ3) is 2.64. The number of carbonyl (C=O) groups excluding carboxylic acids is 1. The molecule has 0 atom stereocenters. The normalized spacial score (nSPS) is 9.71. The zero-order valence-electron chi connectivity index (χ0n) is 9.51. The summed E-state index contributed by atoms with van der Waals surface area (Å²) in [5.74, 6) is 0.672. The second-order valence-electron chi connectivity index (χ2n) is 3.56. The second kappa shape index (κ2) is 5.16. The number of para-hydroxylation sites is 1. The first-order chi connectivity index (χ1) is 8.33. The summed E-state index contributed by atoms with van der Waals surface area (Å²) in [4.78, 5) is 11.0. The smallest absolute Gasteiger partial charge is 0.152 e. The molecular formula is C14H13NO2. The van der Waals surface area contributed by atoms with Crippen LogP contribution >= 0.6 is 0 Å². The molecule has 2 rings (SSSR count). The molecule has 1 N–H and O–H groups in total. The zero-order valence-corrected chi connectivity index (χ0v) is 9.51. The largest absolute Gasteiger partial charge is 0.497 e. The average Bonchev–Trinajstić information content (AvgIpc) is 2.40. The van der Waals surface area contributed by atoms with Crippen molar-refractivity contribution in [1.82, 2.24) is 0 Å². The summed E-state index contributed by atoms with van der Waals surface area (Å²) in [5, 5.41) is 3.19. The number of hydrogen-bond donors (Lipinski definition) is 1. The van der Waals surface area contributed by atoms with Crippen LogP contribution in [-0.2, 0) is 0 Å². The summed E-state index contributed by atoms with van der Waals surface area (Å²) >= 11 is 0. The van der Waals surface area contributed by atoms with Gasteiger partial charge in [-0.25, -0.2) is 0 Å². The topological polar surface area (TPSA) is 38.3 Å². The van der Waals surface area contributed by atoms with Crippen LogP contribution in [0.5, 0.6) is 5.75 Å². The molecule has 0 aliphatic carbocycles. The Hall–Kier alpha value is -2.29. The number of carbonyl (C=O) groups is 1. The third-order valence-electron chi connectivity index (χ3n) is 2.44. The van der Waals surface area contributed by atoms with Gasteiger partial charge < -0.3 is 10.1 Å². The lowest BCUT2D eigenvalue weighted by molar-refractivity contribution is 0.112. The number of ether oxygens (including phenoxy) is 1. The minimum absolute atomic E-state index is 0.577. The van der Waals surface area contributed by atoms with E-state index in [0.29, 0.717) is 11.3 Å². The summed E-state index contributed by atoms with van der Waals surface area (Å²) in [6.45, 7) is 0.